The maximum atomic E-state index is 11.7. The fourth-order valence-corrected chi connectivity index (χ4v) is 2.98. The number of ether oxygens (including phenoxy) is 2. The highest BCUT2D eigenvalue weighted by Crippen LogP contribution is 2.39. The molecule has 20 heavy (non-hydrogen) atoms. The molecule has 6 nitrogen and oxygen atoms in total. The third kappa shape index (κ3) is 3.50. The molecule has 0 aromatic rings. The van der Waals surface area contributed by atoms with Crippen molar-refractivity contribution < 1.29 is 24.2 Å². The van der Waals surface area contributed by atoms with E-state index < -0.39 is 5.97 Å². The predicted molar refractivity (Wildman–Crippen MR) is 71.4 cm³/mol. The number of hydrogen-bond donors (Lipinski definition) is 1. The van der Waals surface area contributed by atoms with Crippen molar-refractivity contribution in [2.24, 2.45) is 5.92 Å². The van der Waals surface area contributed by atoms with Crippen LogP contribution in [-0.4, -0.2) is 54.0 Å². The van der Waals surface area contributed by atoms with E-state index in [-0.39, 0.29) is 30.6 Å². The fraction of sp³-hybridized carbons (Fsp3) is 0.714. The van der Waals surface area contributed by atoms with E-state index in [1.54, 1.807) is 11.0 Å². The molecule has 0 aliphatic carbocycles. The molecule has 0 saturated carbocycles. The maximum Gasteiger partial charge on any atom is 0.410 e. The van der Waals surface area contributed by atoms with Gasteiger partial charge in [-0.2, -0.15) is 0 Å². The SMILES string of the molecule is C=CCOC(=O)N1CCC2(CC1)CC(CC(=O)O)CO2. The van der Waals surface area contributed by atoms with Crippen molar-refractivity contribution in [2.75, 3.05) is 26.3 Å². The Kier molecular flexibility index (Phi) is 4.65. The van der Waals surface area contributed by atoms with Crippen LogP contribution >= 0.6 is 0 Å². The quantitative estimate of drug-likeness (QED) is 0.794. The lowest BCUT2D eigenvalue weighted by atomic mass is 9.84. The van der Waals surface area contributed by atoms with E-state index >= 15 is 0 Å². The summed E-state index contributed by atoms with van der Waals surface area (Å²) in [6.45, 7) is 5.42. The summed E-state index contributed by atoms with van der Waals surface area (Å²) >= 11 is 0. The standard InChI is InChI=1S/C14H21NO5/c1-2-7-19-13(18)15-5-3-14(4-6-15)9-11(10-20-14)8-12(16)17/h2,11H,1,3-10H2,(H,16,17). The number of likely N-dealkylation sites (tertiary alicyclic amines) is 1. The molecule has 0 bridgehead atoms. The van der Waals surface area contributed by atoms with Crippen LogP contribution < -0.4 is 0 Å². The first-order valence-electron chi connectivity index (χ1n) is 6.93. The topological polar surface area (TPSA) is 76.1 Å². The third-order valence-electron chi connectivity index (χ3n) is 4.01. The van der Waals surface area contributed by atoms with Gasteiger partial charge in [-0.3, -0.25) is 4.79 Å². The Bertz CT molecular complexity index is 387. The smallest absolute Gasteiger partial charge is 0.410 e. The zero-order valence-electron chi connectivity index (χ0n) is 11.5. The molecule has 1 N–H and O–H groups in total. The summed E-state index contributed by atoms with van der Waals surface area (Å²) < 4.78 is 10.9. The van der Waals surface area contributed by atoms with Gasteiger partial charge in [0.2, 0.25) is 0 Å². The Morgan fingerprint density at radius 1 is 1.45 bits per heavy atom. The van der Waals surface area contributed by atoms with E-state index in [0.717, 1.165) is 19.3 Å². The van der Waals surface area contributed by atoms with Gasteiger partial charge < -0.3 is 19.5 Å². The minimum Gasteiger partial charge on any atom is -0.481 e. The second kappa shape index (κ2) is 6.26. The van der Waals surface area contributed by atoms with Crippen LogP contribution in [-0.2, 0) is 14.3 Å². The second-order valence-corrected chi connectivity index (χ2v) is 5.51. The number of carbonyl (C=O) groups excluding carboxylic acids is 1. The summed E-state index contributed by atoms with van der Waals surface area (Å²) in [5.74, 6) is -0.687. The molecule has 2 aliphatic rings. The normalized spacial score (nSPS) is 24.6. The van der Waals surface area contributed by atoms with Crippen molar-refractivity contribution in [1.29, 1.82) is 0 Å². The van der Waals surface area contributed by atoms with Crippen molar-refractivity contribution in [3.8, 4) is 0 Å². The molecule has 6 heteroatoms. The first kappa shape index (κ1) is 14.8. The van der Waals surface area contributed by atoms with Crippen molar-refractivity contribution >= 4 is 12.1 Å². The van der Waals surface area contributed by atoms with Crippen molar-refractivity contribution in [2.45, 2.75) is 31.3 Å². The minimum absolute atomic E-state index is 0.0896. The Balaban J connectivity index is 1.81. The van der Waals surface area contributed by atoms with Crippen LogP contribution in [0.3, 0.4) is 0 Å². The van der Waals surface area contributed by atoms with Gasteiger partial charge >= 0.3 is 12.1 Å². The molecule has 1 atom stereocenters. The zero-order valence-corrected chi connectivity index (χ0v) is 11.5. The number of carboxylic acid groups (broad SMARTS) is 1. The molecule has 2 fully saturated rings. The van der Waals surface area contributed by atoms with Crippen molar-refractivity contribution in [3.05, 3.63) is 12.7 Å². The van der Waals surface area contributed by atoms with Gasteiger partial charge in [-0.15, -0.1) is 0 Å². The van der Waals surface area contributed by atoms with Crippen molar-refractivity contribution in [1.82, 2.24) is 4.90 Å². The molecular formula is C14H21NO5. The van der Waals surface area contributed by atoms with Crippen LogP contribution in [0.2, 0.25) is 0 Å². The first-order chi connectivity index (χ1) is 9.54. The lowest BCUT2D eigenvalue weighted by Crippen LogP contribution is -2.46. The highest BCUT2D eigenvalue weighted by atomic mass is 16.6. The Morgan fingerprint density at radius 3 is 2.75 bits per heavy atom. The molecule has 0 radical (unpaired) electrons. The fourth-order valence-electron chi connectivity index (χ4n) is 2.98. The van der Waals surface area contributed by atoms with Gasteiger partial charge in [0.25, 0.3) is 0 Å². The van der Waals surface area contributed by atoms with E-state index in [1.165, 1.54) is 0 Å². The molecule has 2 heterocycles. The van der Waals surface area contributed by atoms with E-state index in [9.17, 15) is 9.59 Å². The van der Waals surface area contributed by atoms with Gasteiger partial charge in [0, 0.05) is 13.1 Å². The molecule has 1 amide bonds. The molecule has 2 rings (SSSR count). The van der Waals surface area contributed by atoms with Crippen LogP contribution in [0.25, 0.3) is 0 Å². The minimum atomic E-state index is -0.777. The Hall–Kier alpha value is -1.56. The molecule has 1 spiro atoms. The monoisotopic (exact) mass is 283 g/mol. The van der Waals surface area contributed by atoms with Crippen LogP contribution in [0.5, 0.6) is 0 Å². The van der Waals surface area contributed by atoms with E-state index in [4.69, 9.17) is 14.6 Å². The molecule has 0 aromatic carbocycles. The number of carboxylic acids is 1. The predicted octanol–water partition coefficient (Wildman–Crippen LogP) is 1.65. The van der Waals surface area contributed by atoms with E-state index in [2.05, 4.69) is 6.58 Å². The van der Waals surface area contributed by atoms with Crippen LogP contribution in [0, 0.1) is 5.92 Å². The Morgan fingerprint density at radius 2 is 2.15 bits per heavy atom. The average molecular weight is 283 g/mol. The number of rotatable bonds is 4. The van der Waals surface area contributed by atoms with Gasteiger partial charge in [-0.25, -0.2) is 4.79 Å². The van der Waals surface area contributed by atoms with Gasteiger partial charge in [-0.1, -0.05) is 12.7 Å². The number of piperidine rings is 1. The molecule has 2 saturated heterocycles. The molecule has 0 aromatic heterocycles. The summed E-state index contributed by atoms with van der Waals surface area (Å²) in [6.07, 6.45) is 3.64. The van der Waals surface area contributed by atoms with Crippen molar-refractivity contribution in [3.63, 3.8) is 0 Å². The van der Waals surface area contributed by atoms with Gasteiger partial charge in [0.1, 0.15) is 6.61 Å². The average Bonchev–Trinajstić information content (AvgIpc) is 2.79. The second-order valence-electron chi connectivity index (χ2n) is 5.51. The maximum absolute atomic E-state index is 11.7. The number of aliphatic carboxylic acids is 1. The number of carbonyl (C=O) groups is 2. The number of nitrogens with zero attached hydrogens (tertiary/aromatic N) is 1. The highest BCUT2D eigenvalue weighted by Gasteiger charge is 2.43. The van der Waals surface area contributed by atoms with Gasteiger partial charge in [0.15, 0.2) is 0 Å². The molecule has 112 valence electrons. The summed E-state index contributed by atoms with van der Waals surface area (Å²) in [7, 11) is 0. The van der Waals surface area contributed by atoms with Crippen LogP contribution in [0.4, 0.5) is 4.79 Å². The molecule has 1 unspecified atom stereocenters. The highest BCUT2D eigenvalue weighted by molar-refractivity contribution is 5.68. The van der Waals surface area contributed by atoms with Gasteiger partial charge in [0.05, 0.1) is 18.6 Å². The summed E-state index contributed by atoms with van der Waals surface area (Å²) in [6, 6.07) is 0. The van der Waals surface area contributed by atoms with Gasteiger partial charge in [-0.05, 0) is 25.2 Å². The lowest BCUT2D eigenvalue weighted by molar-refractivity contribution is -0.138. The van der Waals surface area contributed by atoms with E-state index in [0.29, 0.717) is 19.7 Å². The van der Waals surface area contributed by atoms with Crippen LogP contribution in [0.1, 0.15) is 25.7 Å². The van der Waals surface area contributed by atoms with Crippen LogP contribution in [0.15, 0.2) is 12.7 Å². The summed E-state index contributed by atoms with van der Waals surface area (Å²) in [5, 5.41) is 8.82. The summed E-state index contributed by atoms with van der Waals surface area (Å²) in [4.78, 5) is 24.1. The zero-order chi connectivity index (χ0) is 14.6. The largest absolute Gasteiger partial charge is 0.481 e. The number of hydrogen-bond acceptors (Lipinski definition) is 4. The number of amides is 1. The summed E-state index contributed by atoms with van der Waals surface area (Å²) in [5.41, 5.74) is -0.241. The lowest BCUT2D eigenvalue weighted by Gasteiger charge is -2.38. The third-order valence-corrected chi connectivity index (χ3v) is 4.01. The first-order valence-corrected chi connectivity index (χ1v) is 6.93. The van der Waals surface area contributed by atoms with E-state index in [1.807, 2.05) is 0 Å². The molecular weight excluding hydrogens is 262 g/mol. The Labute approximate surface area is 118 Å². The molecule has 2 aliphatic heterocycles.